The molecule has 1 aliphatic carbocycles. The van der Waals surface area contributed by atoms with Gasteiger partial charge >= 0.3 is 0 Å². The summed E-state index contributed by atoms with van der Waals surface area (Å²) in [5, 5.41) is 0. The monoisotopic (exact) mass is 229 g/mol. The van der Waals surface area contributed by atoms with Crippen molar-refractivity contribution in [2.45, 2.75) is 44.2 Å². The van der Waals surface area contributed by atoms with E-state index in [2.05, 4.69) is 36.2 Å². The zero-order valence-corrected chi connectivity index (χ0v) is 10.5. The van der Waals surface area contributed by atoms with E-state index in [1.165, 1.54) is 11.1 Å². The quantitative estimate of drug-likeness (QED) is 0.776. The molecule has 0 amide bonds. The van der Waals surface area contributed by atoms with Gasteiger partial charge in [0, 0.05) is 18.4 Å². The molecule has 2 heteroatoms. The van der Waals surface area contributed by atoms with E-state index in [0.29, 0.717) is 24.2 Å². The summed E-state index contributed by atoms with van der Waals surface area (Å²) >= 11 is 0. The highest BCUT2D eigenvalue weighted by Gasteiger charge is 2.46. The number of likely N-dealkylation sites (N-methyl/N-ethyl adjacent to an activating group) is 1. The fourth-order valence-corrected chi connectivity index (χ4v) is 3.60. The minimum absolute atomic E-state index is 0.156. The first kappa shape index (κ1) is 11.0. The van der Waals surface area contributed by atoms with Gasteiger partial charge in [0.25, 0.3) is 0 Å². The molecule has 0 radical (unpaired) electrons. The SMILES string of the molecule is CCC(=O)C1CC2c3ccccc3CC2N1C. The Balaban J connectivity index is 1.90. The largest absolute Gasteiger partial charge is 0.298 e. The highest BCUT2D eigenvalue weighted by molar-refractivity contribution is 5.84. The zero-order valence-electron chi connectivity index (χ0n) is 10.5. The Morgan fingerprint density at radius 3 is 2.94 bits per heavy atom. The maximum atomic E-state index is 11.9. The number of carbonyl (C=O) groups excluding carboxylic acids is 1. The Kier molecular flexibility index (Phi) is 2.55. The van der Waals surface area contributed by atoms with E-state index in [-0.39, 0.29) is 6.04 Å². The van der Waals surface area contributed by atoms with Gasteiger partial charge in [-0.25, -0.2) is 0 Å². The van der Waals surface area contributed by atoms with Crippen molar-refractivity contribution in [3.63, 3.8) is 0 Å². The second-order valence-electron chi connectivity index (χ2n) is 5.31. The Bertz CT molecular complexity index is 454. The van der Waals surface area contributed by atoms with Gasteiger partial charge in [0.05, 0.1) is 6.04 Å². The van der Waals surface area contributed by atoms with Crippen molar-refractivity contribution in [1.29, 1.82) is 0 Å². The van der Waals surface area contributed by atoms with E-state index in [4.69, 9.17) is 0 Å². The third-order valence-corrected chi connectivity index (χ3v) is 4.56. The van der Waals surface area contributed by atoms with E-state index in [0.717, 1.165) is 12.8 Å². The lowest BCUT2D eigenvalue weighted by molar-refractivity contribution is -0.123. The Labute approximate surface area is 103 Å². The fraction of sp³-hybridized carbons (Fsp3) is 0.533. The van der Waals surface area contributed by atoms with E-state index < -0.39 is 0 Å². The number of nitrogens with zero attached hydrogens (tertiary/aromatic N) is 1. The lowest BCUT2D eigenvalue weighted by Crippen LogP contribution is -2.37. The number of hydrogen-bond acceptors (Lipinski definition) is 2. The van der Waals surface area contributed by atoms with E-state index >= 15 is 0 Å². The van der Waals surface area contributed by atoms with Crippen molar-refractivity contribution in [3.8, 4) is 0 Å². The third-order valence-electron chi connectivity index (χ3n) is 4.56. The summed E-state index contributed by atoms with van der Waals surface area (Å²) in [5.74, 6) is 0.982. The van der Waals surface area contributed by atoms with Gasteiger partial charge in [-0.05, 0) is 31.0 Å². The highest BCUT2D eigenvalue weighted by Crippen LogP contribution is 2.45. The first-order valence-corrected chi connectivity index (χ1v) is 6.54. The smallest absolute Gasteiger partial charge is 0.149 e. The molecule has 90 valence electrons. The Hall–Kier alpha value is -1.15. The molecule has 1 saturated heterocycles. The molecular weight excluding hydrogens is 210 g/mol. The number of fused-ring (bicyclic) bond motifs is 3. The number of ketones is 1. The van der Waals surface area contributed by atoms with Crippen molar-refractivity contribution >= 4 is 5.78 Å². The first-order valence-electron chi connectivity index (χ1n) is 6.54. The fourth-order valence-electron chi connectivity index (χ4n) is 3.60. The number of hydrogen-bond donors (Lipinski definition) is 0. The number of carbonyl (C=O) groups is 1. The maximum Gasteiger partial charge on any atom is 0.149 e. The summed E-state index contributed by atoms with van der Waals surface area (Å²) in [6, 6.07) is 9.42. The summed E-state index contributed by atoms with van der Waals surface area (Å²) in [6.45, 7) is 1.97. The molecule has 1 aliphatic heterocycles. The average molecular weight is 229 g/mol. The van der Waals surface area contributed by atoms with Crippen LogP contribution in [0.4, 0.5) is 0 Å². The van der Waals surface area contributed by atoms with Crippen molar-refractivity contribution in [1.82, 2.24) is 4.90 Å². The van der Waals surface area contributed by atoms with Crippen LogP contribution in [0.15, 0.2) is 24.3 Å². The summed E-state index contributed by atoms with van der Waals surface area (Å²) < 4.78 is 0. The van der Waals surface area contributed by atoms with Crippen LogP contribution in [0.3, 0.4) is 0 Å². The summed E-state index contributed by atoms with van der Waals surface area (Å²) in [7, 11) is 2.12. The number of rotatable bonds is 2. The molecule has 0 saturated carbocycles. The number of Topliss-reactive ketones (excluding diaryl/α,β-unsaturated/α-hetero) is 1. The molecule has 1 fully saturated rings. The standard InChI is InChI=1S/C15H19NO/c1-3-15(17)14-9-12-11-7-5-4-6-10(11)8-13(12)16(14)2/h4-7,12-14H,3,8-9H2,1-2H3. The number of benzene rings is 1. The molecule has 17 heavy (non-hydrogen) atoms. The molecule has 2 nitrogen and oxygen atoms in total. The Morgan fingerprint density at radius 1 is 1.41 bits per heavy atom. The lowest BCUT2D eigenvalue weighted by atomic mass is 9.95. The molecule has 3 atom stereocenters. The van der Waals surface area contributed by atoms with Crippen molar-refractivity contribution in [3.05, 3.63) is 35.4 Å². The summed E-state index contributed by atoms with van der Waals surface area (Å²) in [5.41, 5.74) is 2.97. The van der Waals surface area contributed by atoms with Crippen LogP contribution < -0.4 is 0 Å². The van der Waals surface area contributed by atoms with Gasteiger partial charge in [-0.15, -0.1) is 0 Å². The Morgan fingerprint density at radius 2 is 2.18 bits per heavy atom. The van der Waals surface area contributed by atoms with Crippen LogP contribution in [0, 0.1) is 0 Å². The van der Waals surface area contributed by atoms with Crippen LogP contribution in [0.1, 0.15) is 36.8 Å². The normalized spacial score (nSPS) is 31.3. The van der Waals surface area contributed by atoms with Crippen molar-refractivity contribution in [2.75, 3.05) is 7.05 Å². The van der Waals surface area contributed by atoms with E-state index in [1.807, 2.05) is 6.92 Å². The molecule has 2 aliphatic rings. The topological polar surface area (TPSA) is 20.3 Å². The van der Waals surface area contributed by atoms with Gasteiger partial charge in [-0.2, -0.15) is 0 Å². The van der Waals surface area contributed by atoms with Gasteiger partial charge < -0.3 is 0 Å². The maximum absolute atomic E-state index is 11.9. The van der Waals surface area contributed by atoms with Crippen LogP contribution in [-0.4, -0.2) is 29.8 Å². The molecule has 1 aromatic rings. The van der Waals surface area contributed by atoms with Gasteiger partial charge in [0.15, 0.2) is 0 Å². The molecule has 3 rings (SSSR count). The molecule has 1 heterocycles. The summed E-state index contributed by atoms with van der Waals surface area (Å²) in [6.07, 6.45) is 2.80. The predicted molar refractivity (Wildman–Crippen MR) is 68.1 cm³/mol. The molecule has 0 aromatic heterocycles. The second-order valence-corrected chi connectivity index (χ2v) is 5.31. The van der Waals surface area contributed by atoms with Crippen LogP contribution in [0.5, 0.6) is 0 Å². The van der Waals surface area contributed by atoms with Crippen LogP contribution in [0.2, 0.25) is 0 Å². The summed E-state index contributed by atoms with van der Waals surface area (Å²) in [4.78, 5) is 14.2. The van der Waals surface area contributed by atoms with Gasteiger partial charge in [-0.1, -0.05) is 31.2 Å². The van der Waals surface area contributed by atoms with Crippen LogP contribution >= 0.6 is 0 Å². The molecule has 1 aromatic carbocycles. The van der Waals surface area contributed by atoms with Crippen molar-refractivity contribution < 1.29 is 4.79 Å². The predicted octanol–water partition coefficient (Wildman–Crippen LogP) is 2.38. The lowest BCUT2D eigenvalue weighted by Gasteiger charge is -2.23. The molecule has 0 N–H and O–H groups in total. The first-order chi connectivity index (χ1) is 8.22. The molecule has 3 unspecified atom stereocenters. The second kappa shape index (κ2) is 3.95. The highest BCUT2D eigenvalue weighted by atomic mass is 16.1. The zero-order chi connectivity index (χ0) is 12.0. The van der Waals surface area contributed by atoms with E-state index in [9.17, 15) is 4.79 Å². The average Bonchev–Trinajstić information content (AvgIpc) is 2.86. The molecular formula is C15H19NO. The van der Waals surface area contributed by atoms with Crippen LogP contribution in [-0.2, 0) is 11.2 Å². The minimum atomic E-state index is 0.156. The van der Waals surface area contributed by atoms with Gasteiger partial charge in [-0.3, -0.25) is 9.69 Å². The minimum Gasteiger partial charge on any atom is -0.298 e. The van der Waals surface area contributed by atoms with Gasteiger partial charge in [0.2, 0.25) is 0 Å². The van der Waals surface area contributed by atoms with Crippen LogP contribution in [0.25, 0.3) is 0 Å². The number of likely N-dealkylation sites (tertiary alicyclic amines) is 1. The van der Waals surface area contributed by atoms with Gasteiger partial charge in [0.1, 0.15) is 5.78 Å². The molecule has 0 bridgehead atoms. The van der Waals surface area contributed by atoms with E-state index in [1.54, 1.807) is 0 Å². The van der Waals surface area contributed by atoms with Crippen molar-refractivity contribution in [2.24, 2.45) is 0 Å². The third kappa shape index (κ3) is 1.54. The molecule has 0 spiro atoms.